The van der Waals surface area contributed by atoms with Crippen LogP contribution in [0.1, 0.15) is 27.7 Å². The molecule has 1 saturated heterocycles. The maximum atomic E-state index is 12.9. The Balaban J connectivity index is 1.58. The number of benzene rings is 1. The van der Waals surface area contributed by atoms with Gasteiger partial charge in [0, 0.05) is 37.8 Å². The number of hydrogen-bond donors (Lipinski definition) is 2. The third-order valence-electron chi connectivity index (χ3n) is 5.22. The van der Waals surface area contributed by atoms with Gasteiger partial charge in [0.2, 0.25) is 11.8 Å². The maximum absolute atomic E-state index is 12.9. The van der Waals surface area contributed by atoms with E-state index in [2.05, 4.69) is 20.3 Å². The second-order valence-corrected chi connectivity index (χ2v) is 7.39. The molecule has 0 aliphatic carbocycles. The number of ether oxygens (including phenoxy) is 2. The molecule has 2 aromatic heterocycles. The minimum Gasteiger partial charge on any atom is -0.481 e. The van der Waals surface area contributed by atoms with Gasteiger partial charge in [-0.3, -0.25) is 14.6 Å². The lowest BCUT2D eigenvalue weighted by Gasteiger charge is -2.27. The fraction of sp³-hybridized carbons (Fsp3) is 0.304. The van der Waals surface area contributed by atoms with Gasteiger partial charge in [-0.1, -0.05) is 30.3 Å². The van der Waals surface area contributed by atoms with Crippen molar-refractivity contribution in [2.24, 2.45) is 0 Å². The van der Waals surface area contributed by atoms with Crippen LogP contribution in [0, 0.1) is 0 Å². The molecule has 1 aliphatic heterocycles. The molecule has 1 fully saturated rings. The molecule has 3 aromatic rings. The number of hydrogen-bond acceptors (Lipinski definition) is 7. The van der Waals surface area contributed by atoms with Crippen molar-refractivity contribution in [3.63, 3.8) is 0 Å². The molecule has 166 valence electrons. The summed E-state index contributed by atoms with van der Waals surface area (Å²) in [6.07, 6.45) is 1.83. The quantitative estimate of drug-likeness (QED) is 0.582. The summed E-state index contributed by atoms with van der Waals surface area (Å²) in [7, 11) is 1.52. The first-order valence-electron chi connectivity index (χ1n) is 10.4. The summed E-state index contributed by atoms with van der Waals surface area (Å²) in [6.45, 7) is 2.50. The number of methoxy groups -OCH3 is 1. The number of carbonyl (C=O) groups excluding carboxylic acids is 1. The lowest BCUT2D eigenvalue weighted by Crippen LogP contribution is -2.38. The minimum absolute atomic E-state index is 0.228. The van der Waals surface area contributed by atoms with Crippen LogP contribution >= 0.6 is 0 Å². The van der Waals surface area contributed by atoms with Crippen molar-refractivity contribution in [1.29, 1.82) is 0 Å². The molecule has 0 radical (unpaired) electrons. The number of anilines is 1. The summed E-state index contributed by atoms with van der Waals surface area (Å²) in [5.41, 5.74) is 1.70. The van der Waals surface area contributed by atoms with Crippen molar-refractivity contribution in [2.45, 2.75) is 12.5 Å². The largest absolute Gasteiger partial charge is 0.481 e. The van der Waals surface area contributed by atoms with Crippen LogP contribution in [0.3, 0.4) is 0 Å². The fourth-order valence-corrected chi connectivity index (χ4v) is 3.55. The Kier molecular flexibility index (Phi) is 6.76. The van der Waals surface area contributed by atoms with Gasteiger partial charge >= 0.3 is 0 Å². The number of rotatable bonds is 7. The molecule has 32 heavy (non-hydrogen) atoms. The normalized spacial score (nSPS) is 14.6. The standard InChI is InChI=1S/C23H25N5O4/c1-31-21-8-7-17(15-24-21)22(30)26-19(16-5-3-2-4-6-16)13-18-14-20(29)27-23(25-18)28-9-11-32-12-10-28/h2-8,14-15,19H,9-13H2,1H3,(H,26,30)(H,25,27,29)/t19-/m1/s1. The van der Waals surface area contributed by atoms with Gasteiger partial charge in [-0.2, -0.15) is 0 Å². The van der Waals surface area contributed by atoms with Crippen molar-refractivity contribution in [3.05, 3.63) is 81.9 Å². The van der Waals surface area contributed by atoms with E-state index in [1.54, 1.807) is 12.1 Å². The monoisotopic (exact) mass is 435 g/mol. The highest BCUT2D eigenvalue weighted by molar-refractivity contribution is 5.94. The van der Waals surface area contributed by atoms with Crippen molar-refractivity contribution >= 4 is 11.9 Å². The van der Waals surface area contributed by atoms with E-state index < -0.39 is 0 Å². The minimum atomic E-state index is -0.377. The number of H-pyrrole nitrogens is 1. The number of amides is 1. The molecule has 9 nitrogen and oxygen atoms in total. The van der Waals surface area contributed by atoms with E-state index in [9.17, 15) is 9.59 Å². The first-order chi connectivity index (χ1) is 15.6. The molecular weight excluding hydrogens is 410 g/mol. The van der Waals surface area contributed by atoms with Crippen molar-refractivity contribution < 1.29 is 14.3 Å². The number of pyridine rings is 1. The average molecular weight is 435 g/mol. The molecule has 0 saturated carbocycles. The zero-order valence-corrected chi connectivity index (χ0v) is 17.8. The highest BCUT2D eigenvalue weighted by Gasteiger charge is 2.20. The highest BCUT2D eigenvalue weighted by atomic mass is 16.5. The Labute approximate surface area is 185 Å². The van der Waals surface area contributed by atoms with E-state index in [1.165, 1.54) is 19.4 Å². The van der Waals surface area contributed by atoms with Crippen LogP contribution in [0.5, 0.6) is 5.88 Å². The number of carbonyl (C=O) groups is 1. The Morgan fingerprint density at radius 2 is 2.00 bits per heavy atom. The van der Waals surface area contributed by atoms with Crippen molar-refractivity contribution in [2.75, 3.05) is 38.3 Å². The molecule has 1 aliphatic rings. The summed E-state index contributed by atoms with van der Waals surface area (Å²) in [5, 5.41) is 3.05. The van der Waals surface area contributed by atoms with Gasteiger partial charge in [-0.05, 0) is 11.6 Å². The summed E-state index contributed by atoms with van der Waals surface area (Å²) >= 11 is 0. The molecule has 3 heterocycles. The summed E-state index contributed by atoms with van der Waals surface area (Å²) < 4.78 is 10.4. The van der Waals surface area contributed by atoms with Gasteiger partial charge in [0.15, 0.2) is 0 Å². The second-order valence-electron chi connectivity index (χ2n) is 7.39. The second kappa shape index (κ2) is 10.1. The van der Waals surface area contributed by atoms with Crippen molar-refractivity contribution in [3.8, 4) is 5.88 Å². The number of aromatic nitrogens is 3. The number of morpholine rings is 1. The molecule has 4 rings (SSSR count). The Hall–Kier alpha value is -3.72. The van der Waals surface area contributed by atoms with E-state index in [4.69, 9.17) is 9.47 Å². The van der Waals surface area contributed by atoms with Crippen LogP contribution in [0.4, 0.5) is 5.95 Å². The van der Waals surface area contributed by atoms with E-state index in [1.807, 2.05) is 35.2 Å². The van der Waals surface area contributed by atoms with Gasteiger partial charge in [0.25, 0.3) is 11.5 Å². The molecule has 0 unspecified atom stereocenters. The predicted molar refractivity (Wildman–Crippen MR) is 119 cm³/mol. The van der Waals surface area contributed by atoms with Gasteiger partial charge < -0.3 is 19.7 Å². The zero-order chi connectivity index (χ0) is 22.3. The van der Waals surface area contributed by atoms with Crippen LogP contribution in [-0.4, -0.2) is 54.3 Å². The molecular formula is C23H25N5O4. The number of nitrogens with zero attached hydrogens (tertiary/aromatic N) is 3. The van der Waals surface area contributed by atoms with Crippen LogP contribution in [-0.2, 0) is 11.2 Å². The fourth-order valence-electron chi connectivity index (χ4n) is 3.55. The third kappa shape index (κ3) is 5.30. The maximum Gasteiger partial charge on any atom is 0.253 e. The number of aromatic amines is 1. The molecule has 0 bridgehead atoms. The summed E-state index contributed by atoms with van der Waals surface area (Å²) in [5.74, 6) is 0.685. The lowest BCUT2D eigenvalue weighted by molar-refractivity contribution is 0.0936. The molecule has 9 heteroatoms. The first-order valence-corrected chi connectivity index (χ1v) is 10.4. The molecule has 1 aromatic carbocycles. The van der Waals surface area contributed by atoms with Crippen LogP contribution in [0.25, 0.3) is 0 Å². The molecule has 1 atom stereocenters. The van der Waals surface area contributed by atoms with Crippen LogP contribution < -0.4 is 20.5 Å². The molecule has 0 spiro atoms. The Morgan fingerprint density at radius 3 is 2.69 bits per heavy atom. The van der Waals surface area contributed by atoms with Crippen molar-refractivity contribution in [1.82, 2.24) is 20.3 Å². The van der Waals surface area contributed by atoms with Crippen LogP contribution in [0.2, 0.25) is 0 Å². The van der Waals surface area contributed by atoms with Gasteiger partial charge in [-0.25, -0.2) is 9.97 Å². The first kappa shape index (κ1) is 21.5. The smallest absolute Gasteiger partial charge is 0.253 e. The van der Waals surface area contributed by atoms with Crippen LogP contribution in [0.15, 0.2) is 59.5 Å². The average Bonchev–Trinajstić information content (AvgIpc) is 2.84. The van der Waals surface area contributed by atoms with E-state index in [0.717, 1.165) is 5.56 Å². The Bertz CT molecular complexity index is 1100. The van der Waals surface area contributed by atoms with Gasteiger partial charge in [0.1, 0.15) is 0 Å². The predicted octanol–water partition coefficient (Wildman–Crippen LogP) is 1.72. The van der Waals surface area contributed by atoms with E-state index in [-0.39, 0.29) is 17.5 Å². The number of nitrogens with one attached hydrogen (secondary N) is 2. The summed E-state index contributed by atoms with van der Waals surface area (Å²) in [6, 6.07) is 14.0. The zero-order valence-electron chi connectivity index (χ0n) is 17.8. The molecule has 1 amide bonds. The van der Waals surface area contributed by atoms with E-state index >= 15 is 0 Å². The highest BCUT2D eigenvalue weighted by Crippen LogP contribution is 2.19. The van der Waals surface area contributed by atoms with Gasteiger partial charge in [0.05, 0.1) is 37.6 Å². The lowest BCUT2D eigenvalue weighted by atomic mass is 10.0. The Morgan fingerprint density at radius 1 is 1.22 bits per heavy atom. The third-order valence-corrected chi connectivity index (χ3v) is 5.22. The SMILES string of the molecule is COc1ccc(C(=O)N[C@H](Cc2cc(=O)[nH]c(N3CCOCC3)n2)c2ccccc2)cn1. The molecule has 2 N–H and O–H groups in total. The summed E-state index contributed by atoms with van der Waals surface area (Å²) in [4.78, 5) is 38.8. The topological polar surface area (TPSA) is 109 Å². The van der Waals surface area contributed by atoms with Gasteiger partial charge in [-0.15, -0.1) is 0 Å². The van der Waals surface area contributed by atoms with E-state index in [0.29, 0.717) is 55.8 Å².